The van der Waals surface area contributed by atoms with Crippen LogP contribution in [-0.2, 0) is 19.1 Å². The lowest BCUT2D eigenvalue weighted by Crippen LogP contribution is -2.47. The highest BCUT2D eigenvalue weighted by Gasteiger charge is 2.31. The summed E-state index contributed by atoms with van der Waals surface area (Å²) in [4.78, 5) is 41.5. The van der Waals surface area contributed by atoms with E-state index in [1.165, 1.54) is 154 Å². The number of nitrogens with zero attached hydrogens (tertiary/aromatic N) is 1. The number of carbonyl (C=O) groups is 3. The standard InChI is InChI=1S/C48H98N6O4/c1-3-5-7-9-11-13-15-17-19-21-23-25-27-29-42-54(43-30-28-26-24-22-20-18-16-14-12-10-8-6-4-2)45(35-36-46(51)55)48(57)58-47(56)44(53-41-33-38-50)34-31-39-52-40-32-37-49/h44-45,52-53H,3-43,49-50H2,1-2H3,(H2,51,55)/t44-,45-/m0/s1. The molecule has 0 aromatic rings. The number of ether oxygens (including phenoxy) is 1. The zero-order valence-electron chi connectivity index (χ0n) is 38.5. The minimum Gasteiger partial charge on any atom is -0.391 e. The maximum absolute atomic E-state index is 13.9. The number of unbranched alkanes of at least 4 members (excludes halogenated alkanes) is 26. The van der Waals surface area contributed by atoms with Crippen molar-refractivity contribution in [3.8, 4) is 0 Å². The van der Waals surface area contributed by atoms with E-state index in [9.17, 15) is 14.4 Å². The number of primary amides is 1. The molecule has 0 aromatic carbocycles. The first-order valence-corrected chi connectivity index (χ1v) is 25.0. The second-order valence-electron chi connectivity index (χ2n) is 17.2. The van der Waals surface area contributed by atoms with Gasteiger partial charge < -0.3 is 32.6 Å². The number of carbonyl (C=O) groups excluding carboxylic acids is 3. The van der Waals surface area contributed by atoms with E-state index in [1.54, 1.807) is 0 Å². The van der Waals surface area contributed by atoms with Gasteiger partial charge in [0.2, 0.25) is 5.91 Å². The molecular formula is C48H98N6O4. The van der Waals surface area contributed by atoms with Crippen LogP contribution in [-0.4, -0.2) is 80.6 Å². The van der Waals surface area contributed by atoms with Crippen LogP contribution in [0.25, 0.3) is 0 Å². The van der Waals surface area contributed by atoms with E-state index >= 15 is 0 Å². The lowest BCUT2D eigenvalue weighted by atomic mass is 10.0. The smallest absolute Gasteiger partial charge is 0.331 e. The molecule has 8 N–H and O–H groups in total. The molecular weight excluding hydrogens is 725 g/mol. The fourth-order valence-corrected chi connectivity index (χ4v) is 7.87. The first kappa shape index (κ1) is 56.4. The molecule has 0 aliphatic rings. The minimum absolute atomic E-state index is 0.0780. The van der Waals surface area contributed by atoms with Gasteiger partial charge in [-0.25, -0.2) is 9.59 Å². The Balaban J connectivity index is 5.19. The quantitative estimate of drug-likeness (QED) is 0.0228. The van der Waals surface area contributed by atoms with Crippen molar-refractivity contribution >= 4 is 17.8 Å². The molecule has 344 valence electrons. The van der Waals surface area contributed by atoms with Crippen LogP contribution in [0.1, 0.15) is 232 Å². The van der Waals surface area contributed by atoms with Gasteiger partial charge in [0.1, 0.15) is 12.1 Å². The molecule has 10 heteroatoms. The summed E-state index contributed by atoms with van der Waals surface area (Å²) in [7, 11) is 0. The summed E-state index contributed by atoms with van der Waals surface area (Å²) in [5, 5.41) is 6.62. The summed E-state index contributed by atoms with van der Waals surface area (Å²) in [5.41, 5.74) is 16.9. The SMILES string of the molecule is CCCCCCCCCCCCCCCCN(CCCCCCCCCCCCCCCC)[C@@H](CCC(N)=O)C(=O)OC(=O)[C@H](CCCNCCCN)NCCCN. The van der Waals surface area contributed by atoms with Crippen molar-refractivity contribution in [3.63, 3.8) is 0 Å². The Morgan fingerprint density at radius 1 is 0.483 bits per heavy atom. The van der Waals surface area contributed by atoms with Crippen molar-refractivity contribution in [3.05, 3.63) is 0 Å². The van der Waals surface area contributed by atoms with E-state index in [2.05, 4.69) is 29.4 Å². The van der Waals surface area contributed by atoms with Crippen molar-refractivity contribution in [2.24, 2.45) is 17.2 Å². The van der Waals surface area contributed by atoms with E-state index in [-0.39, 0.29) is 12.8 Å². The topological polar surface area (TPSA) is 166 Å². The van der Waals surface area contributed by atoms with Gasteiger partial charge in [0.25, 0.3) is 0 Å². The summed E-state index contributed by atoms with van der Waals surface area (Å²) in [6, 6.07) is -1.28. The fraction of sp³-hybridized carbons (Fsp3) is 0.938. The van der Waals surface area contributed by atoms with Gasteiger partial charge in [-0.1, -0.05) is 181 Å². The maximum atomic E-state index is 13.9. The molecule has 10 nitrogen and oxygen atoms in total. The third kappa shape index (κ3) is 37.4. The second kappa shape index (κ2) is 44.9. The Hall–Kier alpha value is -1.59. The lowest BCUT2D eigenvalue weighted by molar-refractivity contribution is -0.165. The van der Waals surface area contributed by atoms with Crippen LogP contribution < -0.4 is 27.8 Å². The second-order valence-corrected chi connectivity index (χ2v) is 17.2. The molecule has 0 aliphatic carbocycles. The molecule has 0 radical (unpaired) electrons. The van der Waals surface area contributed by atoms with Gasteiger partial charge in [-0.2, -0.15) is 0 Å². The minimum atomic E-state index is -0.678. The Kier molecular flexibility index (Phi) is 43.7. The predicted molar refractivity (Wildman–Crippen MR) is 247 cm³/mol. The van der Waals surface area contributed by atoms with Gasteiger partial charge in [0.15, 0.2) is 0 Å². The number of hydrogen-bond donors (Lipinski definition) is 5. The van der Waals surface area contributed by atoms with Crippen LogP contribution in [0.5, 0.6) is 0 Å². The van der Waals surface area contributed by atoms with E-state index in [1.807, 2.05) is 0 Å². The Labute approximate surface area is 358 Å². The number of esters is 2. The molecule has 0 spiro atoms. The highest BCUT2D eigenvalue weighted by Crippen LogP contribution is 2.18. The maximum Gasteiger partial charge on any atom is 0.331 e. The lowest BCUT2D eigenvalue weighted by Gasteiger charge is -2.30. The molecule has 0 aromatic heterocycles. The van der Waals surface area contributed by atoms with Gasteiger partial charge in [-0.3, -0.25) is 9.69 Å². The monoisotopic (exact) mass is 823 g/mol. The molecule has 0 saturated carbocycles. The van der Waals surface area contributed by atoms with E-state index < -0.39 is 29.9 Å². The molecule has 0 aliphatic heterocycles. The Bertz CT molecular complexity index is 877. The highest BCUT2D eigenvalue weighted by atomic mass is 16.6. The largest absolute Gasteiger partial charge is 0.391 e. The van der Waals surface area contributed by atoms with Crippen molar-refractivity contribution in [1.82, 2.24) is 15.5 Å². The van der Waals surface area contributed by atoms with Crippen LogP contribution in [0.15, 0.2) is 0 Å². The number of nitrogens with two attached hydrogens (primary N) is 3. The molecule has 0 fully saturated rings. The normalized spacial score (nSPS) is 12.6. The van der Waals surface area contributed by atoms with Crippen LogP contribution in [0.4, 0.5) is 0 Å². The summed E-state index contributed by atoms with van der Waals surface area (Å²) in [5.74, 6) is -1.56. The summed E-state index contributed by atoms with van der Waals surface area (Å²) in [6.45, 7) is 9.34. The fourth-order valence-electron chi connectivity index (χ4n) is 7.87. The Morgan fingerprint density at radius 2 is 0.862 bits per heavy atom. The van der Waals surface area contributed by atoms with Gasteiger partial charge in [0, 0.05) is 6.42 Å². The van der Waals surface area contributed by atoms with Crippen molar-refractivity contribution in [2.45, 2.75) is 244 Å². The average molecular weight is 823 g/mol. The Morgan fingerprint density at radius 3 is 1.26 bits per heavy atom. The molecule has 2 atom stereocenters. The van der Waals surface area contributed by atoms with Crippen molar-refractivity contribution in [1.29, 1.82) is 0 Å². The molecule has 0 unspecified atom stereocenters. The highest BCUT2D eigenvalue weighted by molar-refractivity contribution is 5.91. The number of rotatable bonds is 47. The molecule has 0 saturated heterocycles. The first-order chi connectivity index (χ1) is 28.4. The summed E-state index contributed by atoms with van der Waals surface area (Å²) < 4.78 is 5.66. The van der Waals surface area contributed by atoms with Gasteiger partial charge in [0.05, 0.1) is 0 Å². The van der Waals surface area contributed by atoms with Crippen LogP contribution in [0, 0.1) is 0 Å². The number of hydrogen-bond acceptors (Lipinski definition) is 9. The number of amides is 1. The van der Waals surface area contributed by atoms with Gasteiger partial charge in [-0.15, -0.1) is 0 Å². The molecule has 58 heavy (non-hydrogen) atoms. The summed E-state index contributed by atoms with van der Waals surface area (Å²) in [6.07, 6.45) is 39.4. The third-order valence-corrected chi connectivity index (χ3v) is 11.6. The van der Waals surface area contributed by atoms with E-state index in [0.717, 1.165) is 71.1 Å². The predicted octanol–water partition coefficient (Wildman–Crippen LogP) is 9.98. The zero-order chi connectivity index (χ0) is 42.6. The molecule has 0 heterocycles. The van der Waals surface area contributed by atoms with Gasteiger partial charge >= 0.3 is 11.9 Å². The van der Waals surface area contributed by atoms with Gasteiger partial charge in [-0.05, 0) is 90.8 Å². The average Bonchev–Trinajstić information content (AvgIpc) is 3.21. The zero-order valence-corrected chi connectivity index (χ0v) is 38.5. The van der Waals surface area contributed by atoms with Crippen molar-refractivity contribution < 1.29 is 19.1 Å². The van der Waals surface area contributed by atoms with Crippen LogP contribution in [0.2, 0.25) is 0 Å². The van der Waals surface area contributed by atoms with E-state index in [4.69, 9.17) is 21.9 Å². The first-order valence-electron chi connectivity index (χ1n) is 25.0. The van der Waals surface area contributed by atoms with Crippen LogP contribution in [0.3, 0.4) is 0 Å². The molecule has 0 rings (SSSR count). The van der Waals surface area contributed by atoms with E-state index in [0.29, 0.717) is 26.1 Å². The molecule has 0 bridgehead atoms. The van der Waals surface area contributed by atoms with Crippen LogP contribution >= 0.6 is 0 Å². The summed E-state index contributed by atoms with van der Waals surface area (Å²) >= 11 is 0. The number of nitrogens with one attached hydrogen (secondary N) is 2. The van der Waals surface area contributed by atoms with Crippen molar-refractivity contribution in [2.75, 3.05) is 45.8 Å². The third-order valence-electron chi connectivity index (χ3n) is 11.6. The molecule has 1 amide bonds.